The number of rotatable bonds is 5. The van der Waals surface area contributed by atoms with E-state index >= 15 is 0 Å². The third-order valence-electron chi connectivity index (χ3n) is 2.99. The SMILES string of the molecule is O=C(Nc1cccc(CCCO)c1)c1ccc(F)c(F)c1. The smallest absolute Gasteiger partial charge is 0.255 e. The molecule has 0 saturated heterocycles. The molecule has 2 rings (SSSR count). The number of benzene rings is 2. The highest BCUT2D eigenvalue weighted by molar-refractivity contribution is 6.04. The molecule has 0 saturated carbocycles. The monoisotopic (exact) mass is 291 g/mol. The molecule has 0 aliphatic rings. The number of nitrogens with one attached hydrogen (secondary N) is 1. The summed E-state index contributed by atoms with van der Waals surface area (Å²) >= 11 is 0. The van der Waals surface area contributed by atoms with Crippen LogP contribution in [0.1, 0.15) is 22.3 Å². The highest BCUT2D eigenvalue weighted by atomic mass is 19.2. The average molecular weight is 291 g/mol. The highest BCUT2D eigenvalue weighted by Gasteiger charge is 2.10. The number of carbonyl (C=O) groups excluding carboxylic acids is 1. The zero-order valence-corrected chi connectivity index (χ0v) is 11.3. The molecule has 2 aromatic rings. The van der Waals surface area contributed by atoms with Crippen molar-refractivity contribution in [2.45, 2.75) is 12.8 Å². The van der Waals surface area contributed by atoms with Gasteiger partial charge in [-0.1, -0.05) is 12.1 Å². The summed E-state index contributed by atoms with van der Waals surface area (Å²) in [6.45, 7) is 0.103. The fraction of sp³-hybridized carbons (Fsp3) is 0.188. The van der Waals surface area contributed by atoms with Crippen LogP contribution in [0.15, 0.2) is 42.5 Å². The Labute approximate surface area is 121 Å². The van der Waals surface area contributed by atoms with Crippen LogP contribution in [0, 0.1) is 11.6 Å². The van der Waals surface area contributed by atoms with Crippen LogP contribution >= 0.6 is 0 Å². The normalized spacial score (nSPS) is 10.4. The third-order valence-corrected chi connectivity index (χ3v) is 2.99. The van der Waals surface area contributed by atoms with E-state index in [2.05, 4.69) is 5.32 Å². The van der Waals surface area contributed by atoms with Crippen molar-refractivity contribution in [3.63, 3.8) is 0 Å². The van der Waals surface area contributed by atoms with Gasteiger partial charge in [0.15, 0.2) is 11.6 Å². The molecule has 0 fully saturated rings. The lowest BCUT2D eigenvalue weighted by atomic mass is 10.1. The van der Waals surface area contributed by atoms with Gasteiger partial charge in [0.1, 0.15) is 0 Å². The Bertz CT molecular complexity index is 644. The Morgan fingerprint density at radius 1 is 1.10 bits per heavy atom. The molecule has 0 atom stereocenters. The van der Waals surface area contributed by atoms with Crippen molar-refractivity contribution in [3.8, 4) is 0 Å². The van der Waals surface area contributed by atoms with E-state index in [-0.39, 0.29) is 12.2 Å². The molecule has 2 aromatic carbocycles. The van der Waals surface area contributed by atoms with Crippen LogP contribution in [-0.4, -0.2) is 17.6 Å². The van der Waals surface area contributed by atoms with Gasteiger partial charge < -0.3 is 10.4 Å². The summed E-state index contributed by atoms with van der Waals surface area (Å²) in [5.41, 5.74) is 1.60. The van der Waals surface area contributed by atoms with Gasteiger partial charge in [0.05, 0.1) is 0 Å². The first-order chi connectivity index (χ1) is 10.1. The summed E-state index contributed by atoms with van der Waals surface area (Å²) in [7, 11) is 0. The van der Waals surface area contributed by atoms with Crippen molar-refractivity contribution in [1.82, 2.24) is 0 Å². The quantitative estimate of drug-likeness (QED) is 0.889. The molecule has 5 heteroatoms. The first kappa shape index (κ1) is 15.1. The maximum Gasteiger partial charge on any atom is 0.255 e. The number of aliphatic hydroxyl groups excluding tert-OH is 1. The number of amides is 1. The maximum absolute atomic E-state index is 13.1. The van der Waals surface area contributed by atoms with E-state index in [4.69, 9.17) is 5.11 Å². The average Bonchev–Trinajstić information content (AvgIpc) is 2.48. The molecule has 0 unspecified atom stereocenters. The molecular formula is C16H15F2NO2. The van der Waals surface area contributed by atoms with Gasteiger partial charge in [-0.15, -0.1) is 0 Å². The van der Waals surface area contributed by atoms with Crippen molar-refractivity contribution in [2.24, 2.45) is 0 Å². The second-order valence-electron chi connectivity index (χ2n) is 4.61. The summed E-state index contributed by atoms with van der Waals surface area (Å²) in [5, 5.41) is 11.4. The number of hydrogen-bond acceptors (Lipinski definition) is 2. The van der Waals surface area contributed by atoms with Gasteiger partial charge in [0.25, 0.3) is 5.91 Å². The second kappa shape index (κ2) is 6.95. The van der Waals surface area contributed by atoms with Crippen LogP contribution < -0.4 is 5.32 Å². The number of aliphatic hydroxyl groups is 1. The zero-order chi connectivity index (χ0) is 15.2. The van der Waals surface area contributed by atoms with Crippen LogP contribution in [0.2, 0.25) is 0 Å². The van der Waals surface area contributed by atoms with Gasteiger partial charge in [-0.05, 0) is 48.7 Å². The lowest BCUT2D eigenvalue weighted by molar-refractivity contribution is 0.102. The van der Waals surface area contributed by atoms with Crippen molar-refractivity contribution >= 4 is 11.6 Å². The Balaban J connectivity index is 2.10. The van der Waals surface area contributed by atoms with Crippen LogP contribution in [0.25, 0.3) is 0 Å². The Kier molecular flexibility index (Phi) is 5.00. The van der Waals surface area contributed by atoms with Gasteiger partial charge in [-0.25, -0.2) is 8.78 Å². The summed E-state index contributed by atoms with van der Waals surface area (Å²) in [6, 6.07) is 10.2. The van der Waals surface area contributed by atoms with Crippen LogP contribution in [-0.2, 0) is 6.42 Å². The molecule has 3 nitrogen and oxygen atoms in total. The van der Waals surface area contributed by atoms with Gasteiger partial charge >= 0.3 is 0 Å². The van der Waals surface area contributed by atoms with Crippen molar-refractivity contribution < 1.29 is 18.7 Å². The molecule has 21 heavy (non-hydrogen) atoms. The second-order valence-corrected chi connectivity index (χ2v) is 4.61. The largest absolute Gasteiger partial charge is 0.396 e. The minimum Gasteiger partial charge on any atom is -0.396 e. The van der Waals surface area contributed by atoms with Crippen LogP contribution in [0.3, 0.4) is 0 Å². The summed E-state index contributed by atoms with van der Waals surface area (Å²) in [4.78, 5) is 12.0. The topological polar surface area (TPSA) is 49.3 Å². The molecule has 0 aliphatic carbocycles. The number of aryl methyl sites for hydroxylation is 1. The molecule has 0 bridgehead atoms. The minimum absolute atomic E-state index is 0.0506. The van der Waals surface area contributed by atoms with E-state index in [1.807, 2.05) is 6.07 Å². The predicted molar refractivity (Wildman–Crippen MR) is 76.2 cm³/mol. The van der Waals surface area contributed by atoms with Gasteiger partial charge in [0.2, 0.25) is 0 Å². The van der Waals surface area contributed by atoms with Gasteiger partial charge in [0, 0.05) is 17.9 Å². The van der Waals surface area contributed by atoms with Crippen LogP contribution in [0.4, 0.5) is 14.5 Å². The lowest BCUT2D eigenvalue weighted by Gasteiger charge is -2.07. The summed E-state index contributed by atoms with van der Waals surface area (Å²) in [6.07, 6.45) is 1.34. The molecule has 110 valence electrons. The fourth-order valence-corrected chi connectivity index (χ4v) is 1.93. The van der Waals surface area contributed by atoms with Gasteiger partial charge in [-0.2, -0.15) is 0 Å². The number of carbonyl (C=O) groups is 1. The molecule has 2 N–H and O–H groups in total. The van der Waals surface area contributed by atoms with Gasteiger partial charge in [-0.3, -0.25) is 4.79 Å². The van der Waals surface area contributed by atoms with E-state index in [9.17, 15) is 13.6 Å². The van der Waals surface area contributed by atoms with E-state index < -0.39 is 17.5 Å². The Hall–Kier alpha value is -2.27. The Morgan fingerprint density at radius 2 is 1.90 bits per heavy atom. The summed E-state index contributed by atoms with van der Waals surface area (Å²) in [5.74, 6) is -2.55. The van der Waals surface area contributed by atoms with E-state index in [0.717, 1.165) is 17.7 Å². The molecule has 0 aliphatic heterocycles. The molecule has 1 amide bonds. The predicted octanol–water partition coefficient (Wildman–Crippen LogP) is 3.14. The first-order valence-electron chi connectivity index (χ1n) is 6.56. The number of hydrogen-bond donors (Lipinski definition) is 2. The van der Waals surface area contributed by atoms with E-state index in [1.165, 1.54) is 6.07 Å². The molecule has 0 radical (unpaired) electrons. The highest BCUT2D eigenvalue weighted by Crippen LogP contribution is 2.15. The van der Waals surface area contributed by atoms with E-state index in [0.29, 0.717) is 18.5 Å². The third kappa shape index (κ3) is 4.10. The zero-order valence-electron chi connectivity index (χ0n) is 11.3. The molecular weight excluding hydrogens is 276 g/mol. The molecule has 0 spiro atoms. The maximum atomic E-state index is 13.1. The number of anilines is 1. The standard InChI is InChI=1S/C16H15F2NO2/c17-14-7-6-12(10-15(14)18)16(21)19-13-5-1-3-11(9-13)4-2-8-20/h1,3,5-7,9-10,20H,2,4,8H2,(H,19,21). The van der Waals surface area contributed by atoms with Crippen LogP contribution in [0.5, 0.6) is 0 Å². The lowest BCUT2D eigenvalue weighted by Crippen LogP contribution is -2.12. The van der Waals surface area contributed by atoms with Crippen molar-refractivity contribution in [3.05, 3.63) is 65.2 Å². The summed E-state index contributed by atoms with van der Waals surface area (Å²) < 4.78 is 25.9. The first-order valence-corrected chi connectivity index (χ1v) is 6.56. The molecule has 0 aromatic heterocycles. The fourth-order valence-electron chi connectivity index (χ4n) is 1.93. The Morgan fingerprint density at radius 3 is 2.62 bits per heavy atom. The molecule has 0 heterocycles. The van der Waals surface area contributed by atoms with Crippen molar-refractivity contribution in [1.29, 1.82) is 0 Å². The van der Waals surface area contributed by atoms with Crippen molar-refractivity contribution in [2.75, 3.05) is 11.9 Å². The minimum atomic E-state index is -1.06. The van der Waals surface area contributed by atoms with E-state index in [1.54, 1.807) is 18.2 Å². The number of halogens is 2.